The standard InChI is InChI=1S/C16H26N2/c1-3-11-18-12-7-6-10-15(17)16(18)14-9-5-4-8-13(14)2/h4-5,8-9,15-16H,3,6-7,10-12,17H2,1-2H3. The second-order valence-electron chi connectivity index (χ2n) is 5.50. The lowest BCUT2D eigenvalue weighted by Gasteiger charge is -2.34. The van der Waals surface area contributed by atoms with E-state index in [2.05, 4.69) is 43.0 Å². The van der Waals surface area contributed by atoms with Gasteiger partial charge in [0.1, 0.15) is 0 Å². The molecule has 1 fully saturated rings. The Balaban J connectivity index is 2.31. The molecule has 0 aliphatic carbocycles. The van der Waals surface area contributed by atoms with Crippen LogP contribution in [0.3, 0.4) is 0 Å². The molecule has 0 radical (unpaired) electrons. The quantitative estimate of drug-likeness (QED) is 0.887. The monoisotopic (exact) mass is 246 g/mol. The fourth-order valence-corrected chi connectivity index (χ4v) is 3.15. The van der Waals surface area contributed by atoms with Gasteiger partial charge < -0.3 is 5.73 Å². The van der Waals surface area contributed by atoms with Crippen LogP contribution >= 0.6 is 0 Å². The van der Waals surface area contributed by atoms with E-state index < -0.39 is 0 Å². The molecule has 2 unspecified atom stereocenters. The number of likely N-dealkylation sites (tertiary alicyclic amines) is 1. The van der Waals surface area contributed by atoms with Gasteiger partial charge in [0.2, 0.25) is 0 Å². The van der Waals surface area contributed by atoms with E-state index in [-0.39, 0.29) is 6.04 Å². The first-order valence-electron chi connectivity index (χ1n) is 7.29. The Kier molecular flexibility index (Phi) is 4.79. The molecule has 2 heteroatoms. The molecule has 0 spiro atoms. The second kappa shape index (κ2) is 6.35. The summed E-state index contributed by atoms with van der Waals surface area (Å²) in [7, 11) is 0. The molecule has 1 aromatic rings. The summed E-state index contributed by atoms with van der Waals surface area (Å²) in [6.07, 6.45) is 4.91. The van der Waals surface area contributed by atoms with Crippen LogP contribution in [0.15, 0.2) is 24.3 Å². The minimum Gasteiger partial charge on any atom is -0.326 e. The summed E-state index contributed by atoms with van der Waals surface area (Å²) >= 11 is 0. The van der Waals surface area contributed by atoms with E-state index in [1.165, 1.54) is 36.9 Å². The van der Waals surface area contributed by atoms with Gasteiger partial charge in [0.15, 0.2) is 0 Å². The van der Waals surface area contributed by atoms with Crippen LogP contribution in [-0.2, 0) is 0 Å². The molecule has 2 nitrogen and oxygen atoms in total. The Morgan fingerprint density at radius 1 is 1.28 bits per heavy atom. The van der Waals surface area contributed by atoms with Crippen LogP contribution in [0.2, 0.25) is 0 Å². The average molecular weight is 246 g/mol. The summed E-state index contributed by atoms with van der Waals surface area (Å²) in [6, 6.07) is 9.41. The predicted octanol–water partition coefficient (Wildman–Crippen LogP) is 3.26. The van der Waals surface area contributed by atoms with E-state index in [1.54, 1.807) is 0 Å². The van der Waals surface area contributed by atoms with Crippen LogP contribution in [-0.4, -0.2) is 24.0 Å². The molecule has 0 saturated carbocycles. The summed E-state index contributed by atoms with van der Waals surface area (Å²) in [5.41, 5.74) is 9.27. The maximum atomic E-state index is 6.46. The molecular formula is C16H26N2. The molecule has 1 aliphatic heterocycles. The molecule has 2 rings (SSSR count). The lowest BCUT2D eigenvalue weighted by molar-refractivity contribution is 0.185. The zero-order valence-corrected chi connectivity index (χ0v) is 11.7. The first-order chi connectivity index (χ1) is 8.74. The number of nitrogens with zero attached hydrogens (tertiary/aromatic N) is 1. The Bertz CT molecular complexity index is 375. The van der Waals surface area contributed by atoms with Crippen molar-refractivity contribution in [2.24, 2.45) is 5.73 Å². The molecule has 18 heavy (non-hydrogen) atoms. The van der Waals surface area contributed by atoms with Crippen LogP contribution in [0.1, 0.15) is 49.8 Å². The van der Waals surface area contributed by atoms with E-state index in [9.17, 15) is 0 Å². The van der Waals surface area contributed by atoms with Crippen molar-refractivity contribution in [1.29, 1.82) is 0 Å². The van der Waals surface area contributed by atoms with Gasteiger partial charge in [-0.05, 0) is 50.4 Å². The summed E-state index contributed by atoms with van der Waals surface area (Å²) in [5.74, 6) is 0. The molecule has 100 valence electrons. The molecule has 0 aromatic heterocycles. The van der Waals surface area contributed by atoms with Gasteiger partial charge >= 0.3 is 0 Å². The minimum absolute atomic E-state index is 0.278. The molecule has 1 aromatic carbocycles. The van der Waals surface area contributed by atoms with E-state index in [1.807, 2.05) is 0 Å². The number of benzene rings is 1. The van der Waals surface area contributed by atoms with Crippen molar-refractivity contribution in [2.45, 2.75) is 51.6 Å². The molecule has 1 heterocycles. The van der Waals surface area contributed by atoms with Gasteiger partial charge in [-0.2, -0.15) is 0 Å². The predicted molar refractivity (Wildman–Crippen MR) is 77.6 cm³/mol. The van der Waals surface area contributed by atoms with Crippen molar-refractivity contribution >= 4 is 0 Å². The largest absolute Gasteiger partial charge is 0.326 e. The fourth-order valence-electron chi connectivity index (χ4n) is 3.15. The average Bonchev–Trinajstić information content (AvgIpc) is 2.53. The fraction of sp³-hybridized carbons (Fsp3) is 0.625. The Labute approximate surface area is 111 Å². The molecule has 0 amide bonds. The third kappa shape index (κ3) is 2.93. The van der Waals surface area contributed by atoms with Crippen molar-refractivity contribution in [3.8, 4) is 0 Å². The van der Waals surface area contributed by atoms with Gasteiger partial charge in [0, 0.05) is 6.04 Å². The summed E-state index contributed by atoms with van der Waals surface area (Å²) in [5, 5.41) is 0. The maximum Gasteiger partial charge on any atom is 0.0501 e. The summed E-state index contributed by atoms with van der Waals surface area (Å²) < 4.78 is 0. The summed E-state index contributed by atoms with van der Waals surface area (Å²) in [4.78, 5) is 2.60. The first-order valence-corrected chi connectivity index (χ1v) is 7.29. The van der Waals surface area contributed by atoms with Gasteiger partial charge in [0.25, 0.3) is 0 Å². The van der Waals surface area contributed by atoms with Crippen LogP contribution in [0.4, 0.5) is 0 Å². The molecule has 1 saturated heterocycles. The Hall–Kier alpha value is -0.860. The minimum atomic E-state index is 0.278. The number of nitrogens with two attached hydrogens (primary N) is 1. The van der Waals surface area contributed by atoms with Crippen LogP contribution in [0, 0.1) is 6.92 Å². The second-order valence-corrected chi connectivity index (χ2v) is 5.50. The van der Waals surface area contributed by atoms with Crippen LogP contribution < -0.4 is 5.73 Å². The zero-order chi connectivity index (χ0) is 13.0. The summed E-state index contributed by atoms with van der Waals surface area (Å²) in [6.45, 7) is 6.82. The molecule has 1 aliphatic rings. The number of aryl methyl sites for hydroxylation is 1. The van der Waals surface area contributed by atoms with Crippen LogP contribution in [0.25, 0.3) is 0 Å². The SMILES string of the molecule is CCCN1CCCCC(N)C1c1ccccc1C. The molecular weight excluding hydrogens is 220 g/mol. The molecule has 2 atom stereocenters. The first kappa shape index (κ1) is 13.6. The van der Waals surface area contributed by atoms with Crippen LogP contribution in [0.5, 0.6) is 0 Å². The van der Waals surface area contributed by atoms with Crippen molar-refractivity contribution in [3.05, 3.63) is 35.4 Å². The normalized spacial score (nSPS) is 25.9. The number of hydrogen-bond acceptors (Lipinski definition) is 2. The Morgan fingerprint density at radius 3 is 2.78 bits per heavy atom. The molecule has 2 N–H and O–H groups in total. The van der Waals surface area contributed by atoms with E-state index in [0.717, 1.165) is 13.0 Å². The lowest BCUT2D eigenvalue weighted by atomic mass is 9.93. The number of rotatable bonds is 3. The van der Waals surface area contributed by atoms with Crippen molar-refractivity contribution < 1.29 is 0 Å². The highest BCUT2D eigenvalue weighted by Gasteiger charge is 2.28. The van der Waals surface area contributed by atoms with E-state index in [4.69, 9.17) is 5.73 Å². The zero-order valence-electron chi connectivity index (χ0n) is 11.7. The Morgan fingerprint density at radius 2 is 2.06 bits per heavy atom. The highest BCUT2D eigenvalue weighted by Crippen LogP contribution is 2.31. The van der Waals surface area contributed by atoms with E-state index in [0.29, 0.717) is 6.04 Å². The van der Waals surface area contributed by atoms with E-state index >= 15 is 0 Å². The maximum absolute atomic E-state index is 6.46. The topological polar surface area (TPSA) is 29.3 Å². The highest BCUT2D eigenvalue weighted by molar-refractivity contribution is 5.30. The van der Waals surface area contributed by atoms with Crippen molar-refractivity contribution in [2.75, 3.05) is 13.1 Å². The highest BCUT2D eigenvalue weighted by atomic mass is 15.2. The smallest absolute Gasteiger partial charge is 0.0501 e. The van der Waals surface area contributed by atoms with Gasteiger partial charge in [-0.25, -0.2) is 0 Å². The van der Waals surface area contributed by atoms with Gasteiger partial charge in [-0.3, -0.25) is 4.90 Å². The van der Waals surface area contributed by atoms with Gasteiger partial charge in [-0.1, -0.05) is 37.6 Å². The number of hydrogen-bond donors (Lipinski definition) is 1. The third-order valence-electron chi connectivity index (χ3n) is 4.05. The molecule has 0 bridgehead atoms. The van der Waals surface area contributed by atoms with Crippen molar-refractivity contribution in [3.63, 3.8) is 0 Å². The third-order valence-corrected chi connectivity index (χ3v) is 4.05. The van der Waals surface area contributed by atoms with Gasteiger partial charge in [-0.15, -0.1) is 0 Å². The van der Waals surface area contributed by atoms with Gasteiger partial charge in [0.05, 0.1) is 6.04 Å². The lowest BCUT2D eigenvalue weighted by Crippen LogP contribution is -2.40. The van der Waals surface area contributed by atoms with Crippen molar-refractivity contribution in [1.82, 2.24) is 4.90 Å².